The summed E-state index contributed by atoms with van der Waals surface area (Å²) in [6, 6.07) is 4.72. The molecule has 0 aliphatic carbocycles. The zero-order valence-corrected chi connectivity index (χ0v) is 12.2. The number of nitrogens with one attached hydrogen (secondary N) is 1. The Kier molecular flexibility index (Phi) is 4.28. The van der Waals surface area contributed by atoms with E-state index in [1.54, 1.807) is 0 Å². The van der Waals surface area contributed by atoms with Gasteiger partial charge in [-0.25, -0.2) is 0 Å². The van der Waals surface area contributed by atoms with Crippen molar-refractivity contribution in [2.75, 3.05) is 32.1 Å². The molecule has 1 aliphatic rings. The molecule has 18 heavy (non-hydrogen) atoms. The maximum absolute atomic E-state index is 3.52. The summed E-state index contributed by atoms with van der Waals surface area (Å²) in [7, 11) is 4.29. The molecule has 2 rings (SSSR count). The molecule has 0 bridgehead atoms. The fourth-order valence-electron chi connectivity index (χ4n) is 2.85. The van der Waals surface area contributed by atoms with Crippen molar-refractivity contribution in [3.05, 3.63) is 28.8 Å². The van der Waals surface area contributed by atoms with Gasteiger partial charge in [0.05, 0.1) is 0 Å². The standard InChI is InChI=1S/C16H26N2/c1-12-8-15(10-14-6-5-7-17-11-14)16(18(3)4)9-13(12)2/h8-9,14,17H,5-7,10-11H2,1-4H3. The quantitative estimate of drug-likeness (QED) is 0.882. The lowest BCUT2D eigenvalue weighted by atomic mass is 9.90. The van der Waals surface area contributed by atoms with Gasteiger partial charge in [-0.15, -0.1) is 0 Å². The van der Waals surface area contributed by atoms with Crippen molar-refractivity contribution < 1.29 is 0 Å². The maximum atomic E-state index is 3.52. The van der Waals surface area contributed by atoms with E-state index in [0.717, 1.165) is 5.92 Å². The molecule has 2 heteroatoms. The van der Waals surface area contributed by atoms with E-state index in [1.807, 2.05) is 0 Å². The Morgan fingerprint density at radius 2 is 1.94 bits per heavy atom. The van der Waals surface area contributed by atoms with Crippen LogP contribution < -0.4 is 10.2 Å². The summed E-state index contributed by atoms with van der Waals surface area (Å²) in [6.45, 7) is 6.80. The van der Waals surface area contributed by atoms with Crippen LogP contribution in [0.4, 0.5) is 5.69 Å². The third-order valence-electron chi connectivity index (χ3n) is 4.08. The summed E-state index contributed by atoms with van der Waals surface area (Å²) < 4.78 is 0. The monoisotopic (exact) mass is 246 g/mol. The number of hydrogen-bond donors (Lipinski definition) is 1. The van der Waals surface area contributed by atoms with Crippen LogP contribution in [0.25, 0.3) is 0 Å². The first kappa shape index (κ1) is 13.4. The topological polar surface area (TPSA) is 15.3 Å². The van der Waals surface area contributed by atoms with Crippen molar-refractivity contribution in [3.8, 4) is 0 Å². The van der Waals surface area contributed by atoms with Gasteiger partial charge in [-0.1, -0.05) is 6.07 Å². The van der Waals surface area contributed by atoms with E-state index in [0.29, 0.717) is 0 Å². The zero-order chi connectivity index (χ0) is 13.1. The fourth-order valence-corrected chi connectivity index (χ4v) is 2.85. The van der Waals surface area contributed by atoms with Gasteiger partial charge in [0.2, 0.25) is 0 Å². The Morgan fingerprint density at radius 1 is 1.22 bits per heavy atom. The third kappa shape index (κ3) is 3.05. The van der Waals surface area contributed by atoms with Crippen LogP contribution in [0.2, 0.25) is 0 Å². The molecule has 0 spiro atoms. The molecule has 1 aromatic carbocycles. The van der Waals surface area contributed by atoms with E-state index in [4.69, 9.17) is 0 Å². The van der Waals surface area contributed by atoms with Crippen molar-refractivity contribution >= 4 is 5.69 Å². The third-order valence-corrected chi connectivity index (χ3v) is 4.08. The van der Waals surface area contributed by atoms with Gasteiger partial charge < -0.3 is 10.2 Å². The average molecular weight is 246 g/mol. The number of aryl methyl sites for hydroxylation is 2. The van der Waals surface area contributed by atoms with Crippen molar-refractivity contribution in [1.29, 1.82) is 0 Å². The molecule has 0 radical (unpaired) electrons. The van der Waals surface area contributed by atoms with Crippen molar-refractivity contribution in [3.63, 3.8) is 0 Å². The number of hydrogen-bond acceptors (Lipinski definition) is 2. The predicted molar refractivity (Wildman–Crippen MR) is 79.5 cm³/mol. The highest BCUT2D eigenvalue weighted by Gasteiger charge is 2.16. The lowest BCUT2D eigenvalue weighted by molar-refractivity contribution is 0.376. The molecule has 2 nitrogen and oxygen atoms in total. The lowest BCUT2D eigenvalue weighted by Crippen LogP contribution is -2.31. The number of nitrogens with zero attached hydrogens (tertiary/aromatic N) is 1. The van der Waals surface area contributed by atoms with Crippen molar-refractivity contribution in [2.24, 2.45) is 5.92 Å². The van der Waals surface area contributed by atoms with Crippen LogP contribution in [-0.2, 0) is 6.42 Å². The smallest absolute Gasteiger partial charge is 0.0396 e. The summed E-state index contributed by atoms with van der Waals surface area (Å²) in [5, 5.41) is 3.52. The van der Waals surface area contributed by atoms with E-state index in [1.165, 1.54) is 54.7 Å². The molecule has 1 atom stereocenters. The van der Waals surface area contributed by atoms with Crippen LogP contribution in [-0.4, -0.2) is 27.2 Å². The second-order valence-corrected chi connectivity index (χ2v) is 5.88. The molecule has 1 N–H and O–H groups in total. The number of piperidine rings is 1. The first-order valence-corrected chi connectivity index (χ1v) is 7.06. The van der Waals surface area contributed by atoms with E-state index < -0.39 is 0 Å². The first-order valence-electron chi connectivity index (χ1n) is 7.06. The summed E-state index contributed by atoms with van der Waals surface area (Å²) in [6.07, 6.45) is 3.90. The van der Waals surface area contributed by atoms with Gasteiger partial charge in [0.15, 0.2) is 0 Å². The number of anilines is 1. The predicted octanol–water partition coefficient (Wildman–Crippen LogP) is 2.91. The van der Waals surface area contributed by atoms with Crippen LogP contribution in [0.15, 0.2) is 12.1 Å². The van der Waals surface area contributed by atoms with Crippen LogP contribution in [0.5, 0.6) is 0 Å². The highest BCUT2D eigenvalue weighted by Crippen LogP contribution is 2.27. The Balaban J connectivity index is 2.21. The first-order chi connectivity index (χ1) is 8.58. The Bertz CT molecular complexity index is 404. The van der Waals surface area contributed by atoms with Gasteiger partial charge in [-0.2, -0.15) is 0 Å². The number of benzene rings is 1. The highest BCUT2D eigenvalue weighted by atomic mass is 15.1. The molecule has 100 valence electrons. The summed E-state index contributed by atoms with van der Waals surface area (Å²) in [4.78, 5) is 2.25. The van der Waals surface area contributed by atoms with Crippen LogP contribution in [0.3, 0.4) is 0 Å². The molecule has 1 aromatic rings. The normalized spacial score (nSPS) is 19.9. The lowest BCUT2D eigenvalue weighted by Gasteiger charge is -2.26. The summed E-state index contributed by atoms with van der Waals surface area (Å²) >= 11 is 0. The molecule has 0 amide bonds. The minimum atomic E-state index is 0.805. The second-order valence-electron chi connectivity index (χ2n) is 5.88. The van der Waals surface area contributed by atoms with E-state index in [-0.39, 0.29) is 0 Å². The van der Waals surface area contributed by atoms with E-state index >= 15 is 0 Å². The van der Waals surface area contributed by atoms with Gasteiger partial charge in [-0.05, 0) is 74.9 Å². The van der Waals surface area contributed by atoms with Crippen molar-refractivity contribution in [2.45, 2.75) is 33.1 Å². The summed E-state index contributed by atoms with van der Waals surface area (Å²) in [5.41, 5.74) is 5.71. The molecule has 1 heterocycles. The Labute approximate surface area is 111 Å². The van der Waals surface area contributed by atoms with Crippen LogP contribution in [0, 0.1) is 19.8 Å². The minimum Gasteiger partial charge on any atom is -0.377 e. The summed E-state index contributed by atoms with van der Waals surface area (Å²) in [5.74, 6) is 0.805. The molecule has 1 unspecified atom stereocenters. The van der Waals surface area contributed by atoms with Gasteiger partial charge in [-0.3, -0.25) is 0 Å². The van der Waals surface area contributed by atoms with Crippen molar-refractivity contribution in [1.82, 2.24) is 5.32 Å². The Hall–Kier alpha value is -1.02. The second kappa shape index (κ2) is 5.75. The van der Waals surface area contributed by atoms with Gasteiger partial charge >= 0.3 is 0 Å². The average Bonchev–Trinajstić information content (AvgIpc) is 2.34. The minimum absolute atomic E-state index is 0.805. The van der Waals surface area contributed by atoms with E-state index in [9.17, 15) is 0 Å². The van der Waals surface area contributed by atoms with Gasteiger partial charge in [0.25, 0.3) is 0 Å². The highest BCUT2D eigenvalue weighted by molar-refractivity contribution is 5.56. The van der Waals surface area contributed by atoms with Crippen LogP contribution in [0.1, 0.15) is 29.5 Å². The zero-order valence-electron chi connectivity index (χ0n) is 12.2. The molecule has 0 saturated carbocycles. The van der Waals surface area contributed by atoms with Gasteiger partial charge in [0.1, 0.15) is 0 Å². The molecule has 1 aliphatic heterocycles. The Morgan fingerprint density at radius 3 is 2.56 bits per heavy atom. The van der Waals surface area contributed by atoms with Gasteiger partial charge in [0, 0.05) is 19.8 Å². The SMILES string of the molecule is Cc1cc(CC2CCCNC2)c(N(C)C)cc1C. The molecular weight excluding hydrogens is 220 g/mol. The number of rotatable bonds is 3. The molecular formula is C16H26N2. The molecule has 0 aromatic heterocycles. The largest absolute Gasteiger partial charge is 0.377 e. The molecule has 1 saturated heterocycles. The van der Waals surface area contributed by atoms with E-state index in [2.05, 4.69) is 50.3 Å². The fraction of sp³-hybridized carbons (Fsp3) is 0.625. The molecule has 1 fully saturated rings. The maximum Gasteiger partial charge on any atom is 0.0396 e. The van der Waals surface area contributed by atoms with Crippen LogP contribution >= 0.6 is 0 Å².